The molecule has 3 N–H and O–H groups in total. The Hall–Kier alpha value is -1.84. The molecule has 0 radical (unpaired) electrons. The quantitative estimate of drug-likeness (QED) is 0.763. The van der Waals surface area contributed by atoms with Gasteiger partial charge in [-0.05, 0) is 12.0 Å². The van der Waals surface area contributed by atoms with Gasteiger partial charge in [-0.1, -0.05) is 37.3 Å². The van der Waals surface area contributed by atoms with Crippen LogP contribution in [-0.4, -0.2) is 17.9 Å². The van der Waals surface area contributed by atoms with Crippen molar-refractivity contribution >= 4 is 11.8 Å². The second kappa shape index (κ2) is 5.90. The number of amides is 2. The highest BCUT2D eigenvalue weighted by atomic mass is 16.2. The predicted octanol–water partition coefficient (Wildman–Crippen LogP) is 0.609. The molecule has 0 heterocycles. The van der Waals surface area contributed by atoms with Crippen molar-refractivity contribution in [3.05, 3.63) is 35.9 Å². The summed E-state index contributed by atoms with van der Waals surface area (Å²) in [5.74, 6) is -0.680. The molecule has 0 aliphatic rings. The largest absolute Gasteiger partial charge is 0.368 e. The van der Waals surface area contributed by atoms with Crippen LogP contribution in [-0.2, 0) is 16.0 Å². The molecule has 86 valence electrons. The predicted molar refractivity (Wildman–Crippen MR) is 61.6 cm³/mol. The van der Waals surface area contributed by atoms with E-state index in [0.717, 1.165) is 5.56 Å². The van der Waals surface area contributed by atoms with E-state index in [9.17, 15) is 9.59 Å². The number of nitrogens with two attached hydrogens (primary N) is 1. The van der Waals surface area contributed by atoms with E-state index in [1.54, 1.807) is 6.92 Å². The standard InChI is InChI=1S/C12H16N2O2/c1-2-10(12(13)16)14-11(15)8-9-6-4-3-5-7-9/h3-7,10H,2,8H2,1H3,(H2,13,16)(H,14,15)/t10-/m1/s1. The molecule has 4 nitrogen and oxygen atoms in total. The van der Waals surface area contributed by atoms with Gasteiger partial charge in [0.2, 0.25) is 11.8 Å². The van der Waals surface area contributed by atoms with Gasteiger partial charge in [-0.15, -0.1) is 0 Å². The van der Waals surface area contributed by atoms with Crippen molar-refractivity contribution in [2.45, 2.75) is 25.8 Å². The van der Waals surface area contributed by atoms with Crippen LogP contribution in [0.2, 0.25) is 0 Å². The molecule has 0 fully saturated rings. The molecule has 2 amide bonds. The highest BCUT2D eigenvalue weighted by molar-refractivity contribution is 5.87. The lowest BCUT2D eigenvalue weighted by Crippen LogP contribution is -2.44. The molecule has 1 aromatic carbocycles. The summed E-state index contributed by atoms with van der Waals surface area (Å²) in [6.07, 6.45) is 0.778. The first-order chi connectivity index (χ1) is 7.63. The Morgan fingerprint density at radius 1 is 1.31 bits per heavy atom. The van der Waals surface area contributed by atoms with Crippen molar-refractivity contribution < 1.29 is 9.59 Å². The second-order valence-corrected chi connectivity index (χ2v) is 3.59. The number of rotatable bonds is 5. The molecule has 0 saturated heterocycles. The average molecular weight is 220 g/mol. The summed E-state index contributed by atoms with van der Waals surface area (Å²) in [6.45, 7) is 1.80. The van der Waals surface area contributed by atoms with E-state index in [4.69, 9.17) is 5.73 Å². The zero-order chi connectivity index (χ0) is 12.0. The van der Waals surface area contributed by atoms with Crippen LogP contribution < -0.4 is 11.1 Å². The third-order valence-corrected chi connectivity index (χ3v) is 2.29. The van der Waals surface area contributed by atoms with Crippen LogP contribution >= 0.6 is 0 Å². The zero-order valence-corrected chi connectivity index (χ0v) is 9.27. The molecule has 0 aliphatic carbocycles. The normalized spacial score (nSPS) is 11.8. The smallest absolute Gasteiger partial charge is 0.239 e. The van der Waals surface area contributed by atoms with E-state index in [2.05, 4.69) is 5.32 Å². The van der Waals surface area contributed by atoms with Crippen molar-refractivity contribution in [3.63, 3.8) is 0 Å². The minimum Gasteiger partial charge on any atom is -0.368 e. The van der Waals surface area contributed by atoms with Gasteiger partial charge in [0.05, 0.1) is 6.42 Å². The highest BCUT2D eigenvalue weighted by Crippen LogP contribution is 2.00. The third kappa shape index (κ3) is 3.73. The molecule has 4 heteroatoms. The number of nitrogens with one attached hydrogen (secondary N) is 1. The number of hydrogen-bond acceptors (Lipinski definition) is 2. The SMILES string of the molecule is CC[C@@H](NC(=O)Cc1ccccc1)C(N)=O. The van der Waals surface area contributed by atoms with Crippen LogP contribution in [0.4, 0.5) is 0 Å². The van der Waals surface area contributed by atoms with Crippen molar-refractivity contribution in [1.82, 2.24) is 5.32 Å². The molecule has 0 spiro atoms. The van der Waals surface area contributed by atoms with Crippen LogP contribution in [0.1, 0.15) is 18.9 Å². The highest BCUT2D eigenvalue weighted by Gasteiger charge is 2.15. The van der Waals surface area contributed by atoms with Crippen LogP contribution in [0, 0.1) is 0 Å². The topological polar surface area (TPSA) is 72.2 Å². The fourth-order valence-electron chi connectivity index (χ4n) is 1.40. The van der Waals surface area contributed by atoms with Crippen molar-refractivity contribution in [3.8, 4) is 0 Å². The summed E-state index contributed by atoms with van der Waals surface area (Å²) >= 11 is 0. The number of carbonyl (C=O) groups excluding carboxylic acids is 2. The van der Waals surface area contributed by atoms with E-state index in [-0.39, 0.29) is 12.3 Å². The van der Waals surface area contributed by atoms with Crippen molar-refractivity contribution in [2.24, 2.45) is 5.73 Å². The Kier molecular flexibility index (Phi) is 4.51. The molecule has 1 aromatic rings. The molecule has 0 bridgehead atoms. The maximum atomic E-state index is 11.6. The molecule has 16 heavy (non-hydrogen) atoms. The molecule has 1 rings (SSSR count). The minimum atomic E-state index is -0.573. The van der Waals surface area contributed by atoms with Gasteiger partial charge in [0, 0.05) is 0 Å². The Morgan fingerprint density at radius 3 is 2.44 bits per heavy atom. The van der Waals surface area contributed by atoms with Crippen LogP contribution in [0.25, 0.3) is 0 Å². The number of carbonyl (C=O) groups is 2. The van der Waals surface area contributed by atoms with Gasteiger partial charge >= 0.3 is 0 Å². The number of hydrogen-bond donors (Lipinski definition) is 2. The van der Waals surface area contributed by atoms with E-state index in [1.807, 2.05) is 30.3 Å². The van der Waals surface area contributed by atoms with Gasteiger partial charge in [-0.3, -0.25) is 9.59 Å². The Bertz CT molecular complexity index is 363. The average Bonchev–Trinajstić information content (AvgIpc) is 2.27. The van der Waals surface area contributed by atoms with Gasteiger partial charge in [-0.2, -0.15) is 0 Å². The van der Waals surface area contributed by atoms with Crippen LogP contribution in [0.5, 0.6) is 0 Å². The minimum absolute atomic E-state index is 0.183. The lowest BCUT2D eigenvalue weighted by atomic mass is 10.1. The first kappa shape index (κ1) is 12.2. The number of primary amides is 1. The lowest BCUT2D eigenvalue weighted by Gasteiger charge is -2.12. The van der Waals surface area contributed by atoms with Gasteiger partial charge in [-0.25, -0.2) is 0 Å². The summed E-state index contributed by atoms with van der Waals surface area (Å²) in [7, 11) is 0. The fraction of sp³-hybridized carbons (Fsp3) is 0.333. The third-order valence-electron chi connectivity index (χ3n) is 2.29. The van der Waals surface area contributed by atoms with Crippen LogP contribution in [0.15, 0.2) is 30.3 Å². The molecule has 0 saturated carbocycles. The van der Waals surface area contributed by atoms with Crippen molar-refractivity contribution in [1.29, 1.82) is 0 Å². The fourth-order valence-corrected chi connectivity index (χ4v) is 1.40. The summed E-state index contributed by atoms with van der Waals surface area (Å²) in [5.41, 5.74) is 6.05. The Morgan fingerprint density at radius 2 is 1.94 bits per heavy atom. The zero-order valence-electron chi connectivity index (χ0n) is 9.27. The molecule has 1 atom stereocenters. The summed E-state index contributed by atoms with van der Waals surface area (Å²) < 4.78 is 0. The summed E-state index contributed by atoms with van der Waals surface area (Å²) in [6, 6.07) is 8.79. The van der Waals surface area contributed by atoms with Gasteiger partial charge in [0.1, 0.15) is 6.04 Å². The first-order valence-corrected chi connectivity index (χ1v) is 5.26. The number of benzene rings is 1. The van der Waals surface area contributed by atoms with Gasteiger partial charge in [0.15, 0.2) is 0 Å². The van der Waals surface area contributed by atoms with E-state index < -0.39 is 11.9 Å². The maximum absolute atomic E-state index is 11.6. The molecular weight excluding hydrogens is 204 g/mol. The Labute approximate surface area is 94.8 Å². The molecule has 0 aromatic heterocycles. The Balaban J connectivity index is 2.50. The molecule has 0 unspecified atom stereocenters. The summed E-state index contributed by atoms with van der Waals surface area (Å²) in [4.78, 5) is 22.5. The lowest BCUT2D eigenvalue weighted by molar-refractivity contribution is -0.127. The second-order valence-electron chi connectivity index (χ2n) is 3.59. The van der Waals surface area contributed by atoms with E-state index >= 15 is 0 Å². The maximum Gasteiger partial charge on any atom is 0.239 e. The molecule has 0 aliphatic heterocycles. The summed E-state index contributed by atoms with van der Waals surface area (Å²) in [5, 5.41) is 2.60. The van der Waals surface area contributed by atoms with Crippen LogP contribution in [0.3, 0.4) is 0 Å². The molecular formula is C12H16N2O2. The van der Waals surface area contributed by atoms with E-state index in [0.29, 0.717) is 6.42 Å². The van der Waals surface area contributed by atoms with Gasteiger partial charge in [0.25, 0.3) is 0 Å². The van der Waals surface area contributed by atoms with Gasteiger partial charge < -0.3 is 11.1 Å². The first-order valence-electron chi connectivity index (χ1n) is 5.26. The van der Waals surface area contributed by atoms with E-state index in [1.165, 1.54) is 0 Å². The van der Waals surface area contributed by atoms with Crippen molar-refractivity contribution in [2.75, 3.05) is 0 Å². The monoisotopic (exact) mass is 220 g/mol.